The highest BCUT2D eigenvalue weighted by molar-refractivity contribution is 5.78. The van der Waals surface area contributed by atoms with Gasteiger partial charge in [-0.05, 0) is 18.6 Å². The summed E-state index contributed by atoms with van der Waals surface area (Å²) in [6.07, 6.45) is 1.69. The van der Waals surface area contributed by atoms with E-state index in [4.69, 9.17) is 0 Å². The number of hydrogen-bond donors (Lipinski definition) is 1. The average Bonchev–Trinajstić information content (AvgIpc) is 2.20. The van der Waals surface area contributed by atoms with Crippen molar-refractivity contribution in [3.8, 4) is 0 Å². The van der Waals surface area contributed by atoms with E-state index in [0.717, 1.165) is 18.5 Å². The second kappa shape index (κ2) is 3.85. The highest BCUT2D eigenvalue weighted by Gasteiger charge is 2.05. The van der Waals surface area contributed by atoms with Crippen LogP contribution >= 0.6 is 0 Å². The Kier molecular flexibility index (Phi) is 2.54. The smallest absolute Gasteiger partial charge is 0.189 e. The summed E-state index contributed by atoms with van der Waals surface area (Å²) in [5.74, 6) is -0.373. The van der Waals surface area contributed by atoms with Crippen LogP contribution in [0.15, 0.2) is 29.1 Å². The Morgan fingerprint density at radius 2 is 2.20 bits per heavy atom. The number of pyridine rings is 1. The van der Waals surface area contributed by atoms with E-state index >= 15 is 0 Å². The van der Waals surface area contributed by atoms with Crippen molar-refractivity contribution < 1.29 is 4.39 Å². The number of para-hydroxylation sites is 1. The molecule has 2 nitrogen and oxygen atoms in total. The van der Waals surface area contributed by atoms with Gasteiger partial charge in [0.25, 0.3) is 0 Å². The molecule has 0 saturated carbocycles. The lowest BCUT2D eigenvalue weighted by Gasteiger charge is -2.03. The minimum atomic E-state index is -0.373. The quantitative estimate of drug-likeness (QED) is 0.803. The van der Waals surface area contributed by atoms with Gasteiger partial charge >= 0.3 is 0 Å². The van der Waals surface area contributed by atoms with E-state index in [1.54, 1.807) is 18.2 Å². The zero-order valence-electron chi connectivity index (χ0n) is 8.51. The Labute approximate surface area is 86.8 Å². The van der Waals surface area contributed by atoms with E-state index in [1.165, 1.54) is 6.07 Å². The van der Waals surface area contributed by atoms with Crippen LogP contribution in [0.2, 0.25) is 0 Å². The van der Waals surface area contributed by atoms with E-state index in [-0.39, 0.29) is 11.2 Å². The molecule has 0 spiro atoms. The summed E-state index contributed by atoms with van der Waals surface area (Å²) in [6, 6.07) is 6.08. The molecule has 78 valence electrons. The molecular formula is C12H12FNO. The topological polar surface area (TPSA) is 32.9 Å². The standard InChI is InChI=1S/C12H12FNO/c1-2-4-8-7-11(15)9-5-3-6-10(13)12(9)14-8/h3,5-7H,2,4H2,1H3,(H,14,15). The van der Waals surface area contributed by atoms with Gasteiger partial charge in [-0.15, -0.1) is 0 Å². The average molecular weight is 205 g/mol. The molecule has 2 aromatic rings. The zero-order chi connectivity index (χ0) is 10.8. The third-order valence-electron chi connectivity index (χ3n) is 2.39. The Morgan fingerprint density at radius 1 is 1.40 bits per heavy atom. The summed E-state index contributed by atoms with van der Waals surface area (Å²) in [7, 11) is 0. The van der Waals surface area contributed by atoms with Gasteiger partial charge in [0.15, 0.2) is 5.43 Å². The molecule has 0 amide bonds. The van der Waals surface area contributed by atoms with E-state index in [1.807, 2.05) is 6.92 Å². The molecule has 1 heterocycles. The second-order valence-corrected chi connectivity index (χ2v) is 3.57. The summed E-state index contributed by atoms with van der Waals surface area (Å²) in [5.41, 5.74) is 0.986. The van der Waals surface area contributed by atoms with Gasteiger partial charge < -0.3 is 4.98 Å². The molecule has 0 aliphatic heterocycles. The number of aryl methyl sites for hydroxylation is 1. The van der Waals surface area contributed by atoms with E-state index in [2.05, 4.69) is 4.98 Å². The van der Waals surface area contributed by atoms with Crippen LogP contribution in [0, 0.1) is 5.82 Å². The molecule has 1 aromatic carbocycles. The number of H-pyrrole nitrogens is 1. The molecular weight excluding hydrogens is 193 g/mol. The highest BCUT2D eigenvalue weighted by Crippen LogP contribution is 2.12. The largest absolute Gasteiger partial charge is 0.356 e. The summed E-state index contributed by atoms with van der Waals surface area (Å²) in [6.45, 7) is 2.02. The molecule has 0 saturated heterocycles. The van der Waals surface area contributed by atoms with Crippen LogP contribution in [0.1, 0.15) is 19.0 Å². The van der Waals surface area contributed by atoms with Crippen molar-refractivity contribution in [2.45, 2.75) is 19.8 Å². The Morgan fingerprint density at radius 3 is 2.93 bits per heavy atom. The van der Waals surface area contributed by atoms with Crippen LogP contribution in [0.5, 0.6) is 0 Å². The first-order valence-electron chi connectivity index (χ1n) is 5.03. The zero-order valence-corrected chi connectivity index (χ0v) is 8.51. The minimum absolute atomic E-state index is 0.119. The molecule has 0 aliphatic rings. The monoisotopic (exact) mass is 205 g/mol. The van der Waals surface area contributed by atoms with Crippen molar-refractivity contribution in [1.29, 1.82) is 0 Å². The maximum Gasteiger partial charge on any atom is 0.189 e. The van der Waals surface area contributed by atoms with Gasteiger partial charge in [0.05, 0.1) is 5.52 Å². The maximum absolute atomic E-state index is 13.4. The molecule has 1 N–H and O–H groups in total. The molecule has 0 aliphatic carbocycles. The van der Waals surface area contributed by atoms with Gasteiger partial charge in [-0.2, -0.15) is 0 Å². The van der Waals surface area contributed by atoms with Crippen LogP contribution in [0.25, 0.3) is 10.9 Å². The van der Waals surface area contributed by atoms with Crippen LogP contribution in [0.4, 0.5) is 4.39 Å². The number of fused-ring (bicyclic) bond motifs is 1. The molecule has 3 heteroatoms. The summed E-state index contributed by atoms with van der Waals surface area (Å²) in [4.78, 5) is 14.6. The third kappa shape index (κ3) is 1.77. The first-order valence-corrected chi connectivity index (χ1v) is 5.03. The number of aromatic nitrogens is 1. The molecule has 1 aromatic heterocycles. The summed E-state index contributed by atoms with van der Waals surface area (Å²) < 4.78 is 13.4. The fraction of sp³-hybridized carbons (Fsp3) is 0.250. The number of halogens is 1. The number of aromatic amines is 1. The SMILES string of the molecule is CCCc1cc(=O)c2cccc(F)c2[nH]1. The van der Waals surface area contributed by atoms with Crippen molar-refractivity contribution in [2.75, 3.05) is 0 Å². The van der Waals surface area contributed by atoms with Crippen LogP contribution in [-0.4, -0.2) is 4.98 Å². The van der Waals surface area contributed by atoms with Gasteiger partial charge in [0.2, 0.25) is 0 Å². The highest BCUT2D eigenvalue weighted by atomic mass is 19.1. The van der Waals surface area contributed by atoms with Crippen molar-refractivity contribution in [1.82, 2.24) is 4.98 Å². The lowest BCUT2D eigenvalue weighted by atomic mass is 10.1. The molecule has 15 heavy (non-hydrogen) atoms. The van der Waals surface area contributed by atoms with Crippen molar-refractivity contribution in [2.24, 2.45) is 0 Å². The molecule has 0 radical (unpaired) electrons. The number of nitrogens with one attached hydrogen (secondary N) is 1. The normalized spacial score (nSPS) is 10.8. The van der Waals surface area contributed by atoms with Gasteiger partial charge in [0, 0.05) is 17.1 Å². The van der Waals surface area contributed by atoms with Gasteiger partial charge in [0.1, 0.15) is 5.82 Å². The molecule has 2 rings (SSSR count). The first kappa shape index (κ1) is 9.90. The Bertz CT molecular complexity index is 545. The molecule has 0 bridgehead atoms. The molecule has 0 atom stereocenters. The Hall–Kier alpha value is -1.64. The van der Waals surface area contributed by atoms with Gasteiger partial charge in [-0.25, -0.2) is 4.39 Å². The number of hydrogen-bond acceptors (Lipinski definition) is 1. The number of benzene rings is 1. The fourth-order valence-corrected chi connectivity index (χ4v) is 1.69. The van der Waals surface area contributed by atoms with Crippen LogP contribution < -0.4 is 5.43 Å². The van der Waals surface area contributed by atoms with E-state index in [0.29, 0.717) is 10.9 Å². The molecule has 0 fully saturated rings. The summed E-state index contributed by atoms with van der Waals surface area (Å²) in [5, 5.41) is 0.412. The third-order valence-corrected chi connectivity index (χ3v) is 2.39. The maximum atomic E-state index is 13.4. The van der Waals surface area contributed by atoms with Crippen LogP contribution in [0.3, 0.4) is 0 Å². The minimum Gasteiger partial charge on any atom is -0.356 e. The van der Waals surface area contributed by atoms with Gasteiger partial charge in [-0.1, -0.05) is 19.4 Å². The Balaban J connectivity index is 2.74. The lowest BCUT2D eigenvalue weighted by molar-refractivity contribution is 0.636. The number of rotatable bonds is 2. The van der Waals surface area contributed by atoms with Gasteiger partial charge in [-0.3, -0.25) is 4.79 Å². The molecule has 0 unspecified atom stereocenters. The second-order valence-electron chi connectivity index (χ2n) is 3.57. The fourth-order valence-electron chi connectivity index (χ4n) is 1.69. The van der Waals surface area contributed by atoms with E-state index < -0.39 is 0 Å². The predicted molar refractivity (Wildman–Crippen MR) is 58.5 cm³/mol. The summed E-state index contributed by atoms with van der Waals surface area (Å²) >= 11 is 0. The first-order chi connectivity index (χ1) is 7.22. The van der Waals surface area contributed by atoms with Crippen molar-refractivity contribution >= 4 is 10.9 Å². The van der Waals surface area contributed by atoms with Crippen molar-refractivity contribution in [3.05, 3.63) is 46.0 Å². The predicted octanol–water partition coefficient (Wildman–Crippen LogP) is 2.62. The van der Waals surface area contributed by atoms with Crippen LogP contribution in [-0.2, 0) is 6.42 Å². The van der Waals surface area contributed by atoms with Crippen molar-refractivity contribution in [3.63, 3.8) is 0 Å². The van der Waals surface area contributed by atoms with E-state index in [9.17, 15) is 9.18 Å². The lowest BCUT2D eigenvalue weighted by Crippen LogP contribution is -2.06.